The van der Waals surface area contributed by atoms with Crippen LogP contribution in [0.2, 0.25) is 0 Å². The summed E-state index contributed by atoms with van der Waals surface area (Å²) in [7, 11) is 0. The number of hydrogen-bond acceptors (Lipinski definition) is 3. The first kappa shape index (κ1) is 18.0. The summed E-state index contributed by atoms with van der Waals surface area (Å²) in [5.41, 5.74) is 2.44. The minimum atomic E-state index is -0.109. The maximum absolute atomic E-state index is 12.4. The van der Waals surface area contributed by atoms with Gasteiger partial charge in [0.15, 0.2) is 0 Å². The Labute approximate surface area is 164 Å². The summed E-state index contributed by atoms with van der Waals surface area (Å²) < 4.78 is 0. The van der Waals surface area contributed by atoms with E-state index in [0.29, 0.717) is 13.1 Å². The van der Waals surface area contributed by atoms with Crippen molar-refractivity contribution in [2.45, 2.75) is 25.4 Å². The maximum atomic E-state index is 12.4. The van der Waals surface area contributed by atoms with Crippen LogP contribution in [0.3, 0.4) is 0 Å². The number of benzene rings is 2. The Kier molecular flexibility index (Phi) is 5.70. The lowest BCUT2D eigenvalue weighted by atomic mass is 10.0. The minimum absolute atomic E-state index is 0.109. The molecule has 1 aliphatic heterocycles. The van der Waals surface area contributed by atoms with E-state index in [-0.39, 0.29) is 12.1 Å². The summed E-state index contributed by atoms with van der Waals surface area (Å²) in [6.07, 6.45) is 2.49. The number of hydrogen-bond donors (Lipinski definition) is 2. The molecule has 1 unspecified atom stereocenters. The van der Waals surface area contributed by atoms with Gasteiger partial charge in [-0.1, -0.05) is 42.5 Å². The minimum Gasteiger partial charge on any atom is -0.336 e. The first-order valence-corrected chi connectivity index (χ1v) is 10.5. The van der Waals surface area contributed by atoms with Crippen molar-refractivity contribution in [3.63, 3.8) is 0 Å². The second-order valence-electron chi connectivity index (χ2n) is 7.02. The fraction of sp³-hybridized carbons (Fsp3) is 0.318. The van der Waals surface area contributed by atoms with E-state index in [0.717, 1.165) is 18.7 Å². The molecule has 140 valence electrons. The van der Waals surface area contributed by atoms with Gasteiger partial charge in [0, 0.05) is 13.1 Å². The number of carbonyl (C=O) groups is 1. The number of nitrogens with one attached hydrogen (secondary N) is 2. The summed E-state index contributed by atoms with van der Waals surface area (Å²) in [6.45, 7) is 3.39. The van der Waals surface area contributed by atoms with Crippen LogP contribution in [0.25, 0.3) is 10.8 Å². The molecule has 4 nitrogen and oxygen atoms in total. The Morgan fingerprint density at radius 2 is 1.85 bits per heavy atom. The van der Waals surface area contributed by atoms with E-state index >= 15 is 0 Å². The highest BCUT2D eigenvalue weighted by atomic mass is 32.1. The number of nitrogens with zero attached hydrogens (tertiary/aromatic N) is 1. The number of likely N-dealkylation sites (tertiary alicyclic amines) is 1. The zero-order valence-electron chi connectivity index (χ0n) is 15.4. The van der Waals surface area contributed by atoms with E-state index in [4.69, 9.17) is 0 Å². The lowest BCUT2D eigenvalue weighted by Gasteiger charge is -2.27. The van der Waals surface area contributed by atoms with E-state index in [1.54, 1.807) is 11.3 Å². The van der Waals surface area contributed by atoms with Crippen molar-refractivity contribution in [2.24, 2.45) is 0 Å². The van der Waals surface area contributed by atoms with Crippen molar-refractivity contribution in [3.8, 4) is 0 Å². The normalized spacial score (nSPS) is 15.7. The molecule has 1 fully saturated rings. The average molecular weight is 380 g/mol. The smallest absolute Gasteiger partial charge is 0.315 e. The molecule has 0 aliphatic carbocycles. The van der Waals surface area contributed by atoms with E-state index in [1.807, 2.05) is 18.2 Å². The van der Waals surface area contributed by atoms with Crippen LogP contribution >= 0.6 is 11.3 Å². The molecular formula is C22H25N3OS. The monoisotopic (exact) mass is 379 g/mol. The van der Waals surface area contributed by atoms with Crippen LogP contribution < -0.4 is 10.6 Å². The van der Waals surface area contributed by atoms with Crippen LogP contribution in [0, 0.1) is 0 Å². The molecule has 3 aromatic rings. The van der Waals surface area contributed by atoms with Crippen LogP contribution in [-0.2, 0) is 6.54 Å². The molecule has 1 atom stereocenters. The van der Waals surface area contributed by atoms with Gasteiger partial charge in [-0.3, -0.25) is 4.90 Å². The van der Waals surface area contributed by atoms with Gasteiger partial charge >= 0.3 is 6.03 Å². The largest absolute Gasteiger partial charge is 0.336 e. The van der Waals surface area contributed by atoms with Gasteiger partial charge in [-0.2, -0.15) is 11.3 Å². The van der Waals surface area contributed by atoms with Gasteiger partial charge in [0.25, 0.3) is 0 Å². The van der Waals surface area contributed by atoms with Gasteiger partial charge < -0.3 is 10.6 Å². The third kappa shape index (κ3) is 4.31. The Morgan fingerprint density at radius 3 is 2.67 bits per heavy atom. The summed E-state index contributed by atoms with van der Waals surface area (Å²) in [5, 5.41) is 12.8. The number of amides is 2. The standard InChI is InChI=1S/C22H25N3OS/c26-22(23-14-18-8-5-7-17-6-1-2-9-20(17)18)24-15-21(19-10-13-27-16-19)25-11-3-4-12-25/h1-2,5-10,13,16,21H,3-4,11-12,14-15H2,(H2,23,24,26). The fourth-order valence-corrected chi connectivity index (χ4v) is 4.56. The Morgan fingerprint density at radius 1 is 1.04 bits per heavy atom. The quantitative estimate of drug-likeness (QED) is 0.660. The molecule has 1 saturated heterocycles. The van der Waals surface area contributed by atoms with Crippen molar-refractivity contribution in [1.82, 2.24) is 15.5 Å². The molecule has 2 heterocycles. The van der Waals surface area contributed by atoms with Gasteiger partial charge in [-0.25, -0.2) is 4.79 Å². The number of fused-ring (bicyclic) bond motifs is 1. The average Bonchev–Trinajstić information content (AvgIpc) is 3.41. The first-order valence-electron chi connectivity index (χ1n) is 9.56. The molecular weight excluding hydrogens is 354 g/mol. The molecule has 2 amide bonds. The zero-order chi connectivity index (χ0) is 18.5. The van der Waals surface area contributed by atoms with Gasteiger partial charge in [0.05, 0.1) is 6.04 Å². The number of rotatable bonds is 6. The van der Waals surface area contributed by atoms with Crippen LogP contribution in [0.4, 0.5) is 4.79 Å². The van der Waals surface area contributed by atoms with Gasteiger partial charge in [-0.05, 0) is 64.7 Å². The van der Waals surface area contributed by atoms with Crippen LogP contribution in [-0.4, -0.2) is 30.6 Å². The second-order valence-corrected chi connectivity index (χ2v) is 7.80. The number of carbonyl (C=O) groups excluding carboxylic acids is 1. The van der Waals surface area contributed by atoms with Crippen molar-refractivity contribution in [3.05, 3.63) is 70.4 Å². The van der Waals surface area contributed by atoms with Crippen LogP contribution in [0.5, 0.6) is 0 Å². The molecule has 0 radical (unpaired) electrons. The molecule has 1 aliphatic rings. The van der Waals surface area contributed by atoms with Crippen molar-refractivity contribution < 1.29 is 4.79 Å². The van der Waals surface area contributed by atoms with Crippen LogP contribution in [0.1, 0.15) is 30.0 Å². The Balaban J connectivity index is 1.36. The predicted octanol–water partition coefficient (Wildman–Crippen LogP) is 4.54. The lowest BCUT2D eigenvalue weighted by Crippen LogP contribution is -2.41. The fourth-order valence-electron chi connectivity index (χ4n) is 3.85. The van der Waals surface area contributed by atoms with Crippen molar-refractivity contribution in [2.75, 3.05) is 19.6 Å². The third-order valence-corrected chi connectivity index (χ3v) is 5.99. The van der Waals surface area contributed by atoms with E-state index < -0.39 is 0 Å². The molecule has 27 heavy (non-hydrogen) atoms. The third-order valence-electron chi connectivity index (χ3n) is 5.28. The molecule has 2 N–H and O–H groups in total. The summed E-state index contributed by atoms with van der Waals surface area (Å²) in [4.78, 5) is 14.9. The summed E-state index contributed by atoms with van der Waals surface area (Å²) >= 11 is 1.71. The first-order chi connectivity index (χ1) is 13.3. The van der Waals surface area contributed by atoms with Gasteiger partial charge in [0.1, 0.15) is 0 Å². The predicted molar refractivity (Wildman–Crippen MR) is 112 cm³/mol. The van der Waals surface area contributed by atoms with Crippen LogP contribution in [0.15, 0.2) is 59.3 Å². The summed E-state index contributed by atoms with van der Waals surface area (Å²) in [6, 6.07) is 16.8. The number of urea groups is 1. The molecule has 4 rings (SSSR count). The summed E-state index contributed by atoms with van der Waals surface area (Å²) in [5.74, 6) is 0. The molecule has 0 spiro atoms. The zero-order valence-corrected chi connectivity index (χ0v) is 16.2. The van der Waals surface area contributed by atoms with E-state index in [2.05, 4.69) is 56.6 Å². The number of thiophene rings is 1. The Hall–Kier alpha value is -2.37. The van der Waals surface area contributed by atoms with E-state index in [1.165, 1.54) is 29.2 Å². The SMILES string of the molecule is O=C(NCc1cccc2ccccc12)NCC(c1ccsc1)N1CCCC1. The Bertz CT molecular complexity index is 882. The molecule has 0 saturated carbocycles. The molecule has 2 aromatic carbocycles. The van der Waals surface area contributed by atoms with Gasteiger partial charge in [0.2, 0.25) is 0 Å². The highest BCUT2D eigenvalue weighted by molar-refractivity contribution is 7.07. The van der Waals surface area contributed by atoms with E-state index in [9.17, 15) is 4.79 Å². The maximum Gasteiger partial charge on any atom is 0.315 e. The highest BCUT2D eigenvalue weighted by Gasteiger charge is 2.24. The lowest BCUT2D eigenvalue weighted by molar-refractivity contribution is 0.221. The second kappa shape index (κ2) is 8.55. The van der Waals surface area contributed by atoms with Crippen molar-refractivity contribution >= 4 is 28.1 Å². The van der Waals surface area contributed by atoms with Gasteiger partial charge in [-0.15, -0.1) is 0 Å². The topological polar surface area (TPSA) is 44.4 Å². The molecule has 5 heteroatoms. The molecule has 0 bridgehead atoms. The van der Waals surface area contributed by atoms with Crippen molar-refractivity contribution in [1.29, 1.82) is 0 Å². The highest BCUT2D eigenvalue weighted by Crippen LogP contribution is 2.26. The molecule has 1 aromatic heterocycles.